The number of para-hydroxylation sites is 1. The Hall–Kier alpha value is -2.27. The van der Waals surface area contributed by atoms with Gasteiger partial charge in [0.1, 0.15) is 0 Å². The summed E-state index contributed by atoms with van der Waals surface area (Å²) in [5, 5.41) is 22.2. The van der Waals surface area contributed by atoms with Crippen molar-refractivity contribution in [1.82, 2.24) is 4.98 Å². The van der Waals surface area contributed by atoms with E-state index in [1.165, 1.54) is 11.8 Å². The summed E-state index contributed by atoms with van der Waals surface area (Å²) in [4.78, 5) is 16.4. The first kappa shape index (κ1) is 19.5. The molecule has 3 rings (SSSR count). The summed E-state index contributed by atoms with van der Waals surface area (Å²) in [5.74, 6) is -1.84. The van der Waals surface area contributed by atoms with Gasteiger partial charge in [-0.3, -0.25) is 4.57 Å². The van der Waals surface area contributed by atoms with Crippen LogP contribution in [-0.4, -0.2) is 38.7 Å². The van der Waals surface area contributed by atoms with Crippen molar-refractivity contribution in [2.45, 2.75) is 16.5 Å². The first-order valence-electron chi connectivity index (χ1n) is 8.33. The van der Waals surface area contributed by atoms with Crippen molar-refractivity contribution in [3.05, 3.63) is 72.3 Å². The first-order chi connectivity index (χ1) is 13.0. The molecule has 1 aromatic heterocycles. The van der Waals surface area contributed by atoms with Crippen LogP contribution in [-0.2, 0) is 9.36 Å². The summed E-state index contributed by atoms with van der Waals surface area (Å²) in [7, 11) is -0.415. The van der Waals surface area contributed by atoms with E-state index in [2.05, 4.69) is 4.98 Å². The summed E-state index contributed by atoms with van der Waals surface area (Å²) in [6, 6.07) is 20.5. The zero-order chi connectivity index (χ0) is 19.3. The molecule has 0 saturated heterocycles. The van der Waals surface area contributed by atoms with E-state index in [1.807, 2.05) is 42.5 Å². The molecule has 0 spiro atoms. The molecule has 0 aliphatic carbocycles. The fraction of sp³-hybridized carbons (Fsp3) is 0.200. The highest BCUT2D eigenvalue weighted by molar-refractivity contribution is 7.99. The summed E-state index contributed by atoms with van der Waals surface area (Å²) in [6.07, 6.45) is -0.381. The van der Waals surface area contributed by atoms with Gasteiger partial charge in [-0.25, -0.2) is 9.78 Å². The third kappa shape index (κ3) is 4.35. The maximum absolute atomic E-state index is 11.8. The Morgan fingerprint density at radius 1 is 1.07 bits per heavy atom. The number of aliphatic carboxylic acids is 1. The smallest absolute Gasteiger partial charge is 0.337 e. The molecule has 0 amide bonds. The molecule has 0 saturated carbocycles. The molecule has 5 nitrogen and oxygen atoms in total. The van der Waals surface area contributed by atoms with Gasteiger partial charge < -0.3 is 10.2 Å². The monoisotopic (exact) mass is 399 g/mol. The number of hydrogen-bond acceptors (Lipinski definition) is 5. The van der Waals surface area contributed by atoms with Gasteiger partial charge in [0.05, 0.1) is 16.7 Å². The summed E-state index contributed by atoms with van der Waals surface area (Å²) in [6.45, 7) is 0. The Bertz CT molecular complexity index is 953. The number of rotatable bonds is 8. The molecule has 0 bridgehead atoms. The van der Waals surface area contributed by atoms with E-state index in [4.69, 9.17) is 0 Å². The molecule has 7 heteroatoms. The third-order valence-corrected chi connectivity index (χ3v) is 6.06. The van der Waals surface area contributed by atoms with Crippen LogP contribution in [0.3, 0.4) is 0 Å². The van der Waals surface area contributed by atoms with Gasteiger partial charge in [-0.05, 0) is 17.7 Å². The van der Waals surface area contributed by atoms with Crippen molar-refractivity contribution in [2.75, 3.05) is 11.9 Å². The second-order valence-corrected chi connectivity index (χ2v) is 7.75. The summed E-state index contributed by atoms with van der Waals surface area (Å²) < 4.78 is 11.1. The molecule has 2 aromatic carbocycles. The molecule has 138 valence electrons. The van der Waals surface area contributed by atoms with Crippen molar-refractivity contribution in [2.24, 2.45) is 0 Å². The second kappa shape index (κ2) is 8.61. The number of thioether (sulfide) groups is 1. The number of fused-ring (bicyclic) bond motifs is 1. The summed E-state index contributed by atoms with van der Waals surface area (Å²) >= 11 is 1.37. The van der Waals surface area contributed by atoms with Crippen LogP contribution in [0.5, 0.6) is 0 Å². The maximum atomic E-state index is 11.8. The van der Waals surface area contributed by atoms with Gasteiger partial charge in [-0.2, -0.15) is 0 Å². The maximum Gasteiger partial charge on any atom is 0.337 e. The molecule has 3 aromatic rings. The van der Waals surface area contributed by atoms with E-state index in [9.17, 15) is 19.6 Å². The SMILES string of the molecule is O=PCC(O)(C(=O)O)C(CSc1ccc2ccccc2n1)c1ccccc1. The van der Waals surface area contributed by atoms with E-state index in [-0.39, 0.29) is 11.9 Å². The topological polar surface area (TPSA) is 87.5 Å². The van der Waals surface area contributed by atoms with Crippen molar-refractivity contribution in [3.8, 4) is 0 Å². The Kier molecular flexibility index (Phi) is 6.22. The molecular weight excluding hydrogens is 381 g/mol. The van der Waals surface area contributed by atoms with E-state index >= 15 is 0 Å². The van der Waals surface area contributed by atoms with Crippen LogP contribution in [0.4, 0.5) is 0 Å². The normalized spacial score (nSPS) is 14.7. The molecule has 0 aliphatic heterocycles. The highest BCUT2D eigenvalue weighted by atomic mass is 32.2. The van der Waals surface area contributed by atoms with Crippen molar-refractivity contribution in [3.63, 3.8) is 0 Å². The van der Waals surface area contributed by atoms with Crippen molar-refractivity contribution in [1.29, 1.82) is 0 Å². The number of aliphatic hydroxyl groups is 1. The van der Waals surface area contributed by atoms with Gasteiger partial charge in [0.15, 0.2) is 14.1 Å². The first-order valence-corrected chi connectivity index (χ1v) is 10.3. The van der Waals surface area contributed by atoms with Crippen LogP contribution in [0, 0.1) is 0 Å². The van der Waals surface area contributed by atoms with Gasteiger partial charge in [-0.1, -0.05) is 54.6 Å². The lowest BCUT2D eigenvalue weighted by atomic mass is 9.84. The zero-order valence-electron chi connectivity index (χ0n) is 14.4. The number of hydrogen-bond donors (Lipinski definition) is 2. The lowest BCUT2D eigenvalue weighted by Gasteiger charge is -2.31. The molecule has 2 atom stereocenters. The van der Waals surface area contributed by atoms with Gasteiger partial charge in [0.2, 0.25) is 0 Å². The van der Waals surface area contributed by atoms with Gasteiger partial charge in [-0.15, -0.1) is 11.8 Å². The van der Waals surface area contributed by atoms with Gasteiger partial charge >= 0.3 is 5.97 Å². The van der Waals surface area contributed by atoms with E-state index < -0.39 is 25.9 Å². The number of benzene rings is 2. The van der Waals surface area contributed by atoms with Crippen LogP contribution < -0.4 is 0 Å². The van der Waals surface area contributed by atoms with Crippen LogP contribution in [0.1, 0.15) is 11.5 Å². The predicted molar refractivity (Wildman–Crippen MR) is 107 cm³/mol. The quantitative estimate of drug-likeness (QED) is 0.436. The lowest BCUT2D eigenvalue weighted by molar-refractivity contribution is -0.157. The lowest BCUT2D eigenvalue weighted by Crippen LogP contribution is -2.47. The molecule has 0 fully saturated rings. The molecule has 0 radical (unpaired) electrons. The highest BCUT2D eigenvalue weighted by Gasteiger charge is 2.45. The third-order valence-electron chi connectivity index (χ3n) is 4.43. The zero-order valence-corrected chi connectivity index (χ0v) is 16.1. The fourth-order valence-electron chi connectivity index (χ4n) is 2.92. The second-order valence-electron chi connectivity index (χ2n) is 6.13. The minimum atomic E-state index is -2.13. The fourth-order valence-corrected chi connectivity index (χ4v) is 4.60. The van der Waals surface area contributed by atoms with Crippen LogP contribution >= 0.6 is 20.2 Å². The molecule has 2 unspecified atom stereocenters. The average Bonchev–Trinajstić information content (AvgIpc) is 2.69. The predicted octanol–water partition coefficient (Wildman–Crippen LogP) is 4.22. The Labute approximate surface area is 162 Å². The van der Waals surface area contributed by atoms with E-state index in [0.717, 1.165) is 15.9 Å². The Morgan fingerprint density at radius 2 is 1.78 bits per heavy atom. The van der Waals surface area contributed by atoms with Crippen LogP contribution in [0.2, 0.25) is 0 Å². The minimum absolute atomic E-state index is 0.285. The van der Waals surface area contributed by atoms with Gasteiger partial charge in [0, 0.05) is 17.1 Å². The number of aromatic nitrogens is 1. The molecule has 2 N–H and O–H groups in total. The van der Waals surface area contributed by atoms with Crippen LogP contribution in [0.25, 0.3) is 10.9 Å². The number of carboxylic acid groups (broad SMARTS) is 1. The molecule has 0 aliphatic rings. The van der Waals surface area contributed by atoms with E-state index in [0.29, 0.717) is 5.56 Å². The van der Waals surface area contributed by atoms with Crippen molar-refractivity contribution < 1.29 is 19.6 Å². The molecular formula is C20H18NO4PS. The average molecular weight is 399 g/mol. The Morgan fingerprint density at radius 3 is 2.48 bits per heavy atom. The number of carboxylic acids is 1. The standard InChI is InChI=1S/C20H18NO4PS/c22-19(23)20(24,13-26-25)16(14-6-2-1-3-7-14)12-27-18-11-10-15-8-4-5-9-17(15)21-18/h1-11,16,24H,12-13H2,(H,22,23). The summed E-state index contributed by atoms with van der Waals surface area (Å²) in [5.41, 5.74) is -0.598. The number of nitrogens with zero attached hydrogens (tertiary/aromatic N) is 1. The number of pyridine rings is 1. The van der Waals surface area contributed by atoms with E-state index in [1.54, 1.807) is 24.3 Å². The minimum Gasteiger partial charge on any atom is -0.479 e. The number of carbonyl (C=O) groups is 1. The van der Waals surface area contributed by atoms with Gasteiger partial charge in [0.25, 0.3) is 0 Å². The van der Waals surface area contributed by atoms with Crippen molar-refractivity contribution >= 4 is 37.1 Å². The molecule has 1 heterocycles. The highest BCUT2D eigenvalue weighted by Crippen LogP contribution is 2.36. The van der Waals surface area contributed by atoms with Crippen LogP contribution in [0.15, 0.2) is 71.8 Å². The Balaban J connectivity index is 1.90. The molecule has 27 heavy (non-hydrogen) atoms. The largest absolute Gasteiger partial charge is 0.479 e.